The zero-order valence-electron chi connectivity index (χ0n) is 11.6. The number of nitrogens with zero attached hydrogens (tertiary/aromatic N) is 3. The lowest BCUT2D eigenvalue weighted by Gasteiger charge is -2.03. The van der Waals surface area contributed by atoms with E-state index in [4.69, 9.17) is 4.74 Å². The SMILES string of the molecule is CCCOCn1cc(-c2ccc([N+](=O)[O-])cc2C=O)cn1. The second-order valence-electron chi connectivity index (χ2n) is 4.45. The highest BCUT2D eigenvalue weighted by Gasteiger charge is 2.13. The van der Waals surface area contributed by atoms with E-state index in [1.807, 2.05) is 6.92 Å². The Hall–Kier alpha value is -2.54. The van der Waals surface area contributed by atoms with E-state index in [1.54, 1.807) is 23.1 Å². The summed E-state index contributed by atoms with van der Waals surface area (Å²) in [6.45, 7) is 2.99. The zero-order valence-corrected chi connectivity index (χ0v) is 11.6. The van der Waals surface area contributed by atoms with Gasteiger partial charge in [-0.05, 0) is 18.1 Å². The van der Waals surface area contributed by atoms with Crippen LogP contribution in [0.5, 0.6) is 0 Å². The van der Waals surface area contributed by atoms with E-state index in [-0.39, 0.29) is 11.3 Å². The maximum Gasteiger partial charge on any atom is 0.270 e. The highest BCUT2D eigenvalue weighted by Crippen LogP contribution is 2.26. The van der Waals surface area contributed by atoms with Gasteiger partial charge < -0.3 is 4.74 Å². The van der Waals surface area contributed by atoms with Crippen molar-refractivity contribution in [3.63, 3.8) is 0 Å². The number of ether oxygens (including phenoxy) is 1. The molecule has 0 spiro atoms. The molecule has 0 aliphatic rings. The molecule has 7 heteroatoms. The summed E-state index contributed by atoms with van der Waals surface area (Å²) in [6, 6.07) is 4.18. The number of aldehydes is 1. The van der Waals surface area contributed by atoms with Crippen molar-refractivity contribution in [1.29, 1.82) is 0 Å². The maximum atomic E-state index is 11.1. The Morgan fingerprint density at radius 3 is 2.95 bits per heavy atom. The summed E-state index contributed by atoms with van der Waals surface area (Å²) in [5, 5.41) is 14.9. The van der Waals surface area contributed by atoms with Gasteiger partial charge in [0.25, 0.3) is 5.69 Å². The third kappa shape index (κ3) is 3.51. The van der Waals surface area contributed by atoms with Gasteiger partial charge in [-0.2, -0.15) is 5.10 Å². The average Bonchev–Trinajstić information content (AvgIpc) is 2.95. The Morgan fingerprint density at radius 1 is 1.48 bits per heavy atom. The maximum absolute atomic E-state index is 11.1. The van der Waals surface area contributed by atoms with Crippen LogP contribution < -0.4 is 0 Å². The number of carbonyl (C=O) groups is 1. The van der Waals surface area contributed by atoms with Gasteiger partial charge in [-0.25, -0.2) is 4.68 Å². The van der Waals surface area contributed by atoms with Gasteiger partial charge in [0.2, 0.25) is 0 Å². The van der Waals surface area contributed by atoms with Crippen LogP contribution in [0.15, 0.2) is 30.6 Å². The van der Waals surface area contributed by atoms with E-state index in [9.17, 15) is 14.9 Å². The van der Waals surface area contributed by atoms with E-state index in [1.165, 1.54) is 12.1 Å². The van der Waals surface area contributed by atoms with Crippen LogP contribution in [0.4, 0.5) is 5.69 Å². The van der Waals surface area contributed by atoms with E-state index in [0.717, 1.165) is 6.42 Å². The van der Waals surface area contributed by atoms with Crippen molar-refractivity contribution in [3.05, 3.63) is 46.3 Å². The van der Waals surface area contributed by atoms with Crippen LogP contribution >= 0.6 is 0 Å². The molecule has 0 N–H and O–H groups in total. The molecule has 0 atom stereocenters. The van der Waals surface area contributed by atoms with Crippen molar-refractivity contribution in [2.45, 2.75) is 20.1 Å². The molecule has 0 aliphatic carbocycles. The Labute approximate surface area is 121 Å². The highest BCUT2D eigenvalue weighted by molar-refractivity contribution is 5.88. The molecule has 0 bridgehead atoms. The number of hydrogen-bond acceptors (Lipinski definition) is 5. The molecular formula is C14H15N3O4. The third-order valence-electron chi connectivity index (χ3n) is 2.89. The number of non-ortho nitro benzene ring substituents is 1. The van der Waals surface area contributed by atoms with E-state index in [2.05, 4.69) is 5.10 Å². The van der Waals surface area contributed by atoms with Crippen LogP contribution in [-0.2, 0) is 11.5 Å². The molecule has 7 nitrogen and oxygen atoms in total. The molecule has 110 valence electrons. The molecule has 1 aromatic heterocycles. The number of benzene rings is 1. The number of hydrogen-bond donors (Lipinski definition) is 0. The van der Waals surface area contributed by atoms with E-state index in [0.29, 0.717) is 30.8 Å². The predicted octanol–water partition coefficient (Wildman–Crippen LogP) is 2.65. The summed E-state index contributed by atoms with van der Waals surface area (Å²) < 4.78 is 6.98. The monoisotopic (exact) mass is 289 g/mol. The van der Waals surface area contributed by atoms with Crippen molar-refractivity contribution < 1.29 is 14.5 Å². The fourth-order valence-corrected chi connectivity index (χ4v) is 1.90. The summed E-state index contributed by atoms with van der Waals surface area (Å²) in [5.41, 5.74) is 1.47. The Balaban J connectivity index is 2.25. The van der Waals surface area contributed by atoms with Gasteiger partial charge >= 0.3 is 0 Å². The van der Waals surface area contributed by atoms with Gasteiger partial charge in [0.1, 0.15) is 6.73 Å². The minimum Gasteiger partial charge on any atom is -0.359 e. The van der Waals surface area contributed by atoms with Crippen LogP contribution in [0, 0.1) is 10.1 Å². The molecule has 2 rings (SSSR count). The van der Waals surface area contributed by atoms with Gasteiger partial charge in [-0.3, -0.25) is 14.9 Å². The molecule has 1 aromatic carbocycles. The van der Waals surface area contributed by atoms with Gasteiger partial charge in [0.05, 0.1) is 11.1 Å². The molecule has 0 aliphatic heterocycles. The molecular weight excluding hydrogens is 274 g/mol. The van der Waals surface area contributed by atoms with Gasteiger partial charge in [-0.15, -0.1) is 0 Å². The molecule has 2 aromatic rings. The first-order valence-electron chi connectivity index (χ1n) is 6.50. The molecule has 21 heavy (non-hydrogen) atoms. The van der Waals surface area contributed by atoms with Gasteiger partial charge in [-0.1, -0.05) is 6.92 Å². The van der Waals surface area contributed by atoms with E-state index >= 15 is 0 Å². The Kier molecular flexibility index (Phi) is 4.78. The summed E-state index contributed by atoms with van der Waals surface area (Å²) >= 11 is 0. The molecule has 0 unspecified atom stereocenters. The predicted molar refractivity (Wildman–Crippen MR) is 75.9 cm³/mol. The molecule has 0 amide bonds. The van der Waals surface area contributed by atoms with Gasteiger partial charge in [0.15, 0.2) is 6.29 Å². The summed E-state index contributed by atoms with van der Waals surface area (Å²) in [7, 11) is 0. The first kappa shape index (κ1) is 14.9. The van der Waals surface area contributed by atoms with Gasteiger partial charge in [0, 0.05) is 36.1 Å². The smallest absolute Gasteiger partial charge is 0.270 e. The fraction of sp³-hybridized carbons (Fsp3) is 0.286. The summed E-state index contributed by atoms with van der Waals surface area (Å²) in [6.07, 6.45) is 4.87. The van der Waals surface area contributed by atoms with Crippen LogP contribution in [0.2, 0.25) is 0 Å². The number of carbonyl (C=O) groups excluding carboxylic acids is 1. The molecule has 1 heterocycles. The van der Waals surface area contributed by atoms with Crippen molar-refractivity contribution in [3.8, 4) is 11.1 Å². The number of rotatable bonds is 7. The van der Waals surface area contributed by atoms with Crippen LogP contribution in [-0.4, -0.2) is 27.6 Å². The zero-order chi connectivity index (χ0) is 15.2. The Morgan fingerprint density at radius 2 is 2.29 bits per heavy atom. The minimum atomic E-state index is -0.529. The largest absolute Gasteiger partial charge is 0.359 e. The van der Waals surface area contributed by atoms with Crippen molar-refractivity contribution in [1.82, 2.24) is 9.78 Å². The standard InChI is InChI=1S/C14H15N3O4/c1-2-5-21-10-16-8-12(7-15-16)14-4-3-13(17(19)20)6-11(14)9-18/h3-4,6-9H,2,5,10H2,1H3. The lowest BCUT2D eigenvalue weighted by molar-refractivity contribution is -0.384. The fourth-order valence-electron chi connectivity index (χ4n) is 1.90. The number of nitro benzene ring substituents is 1. The summed E-state index contributed by atoms with van der Waals surface area (Å²) in [5.74, 6) is 0. The van der Waals surface area contributed by atoms with Crippen LogP contribution in [0.25, 0.3) is 11.1 Å². The molecule has 0 radical (unpaired) electrons. The molecule has 0 saturated carbocycles. The third-order valence-corrected chi connectivity index (χ3v) is 2.89. The normalized spacial score (nSPS) is 10.5. The lowest BCUT2D eigenvalue weighted by atomic mass is 10.0. The first-order chi connectivity index (χ1) is 10.2. The van der Waals surface area contributed by atoms with Crippen LogP contribution in [0.3, 0.4) is 0 Å². The van der Waals surface area contributed by atoms with E-state index < -0.39 is 4.92 Å². The molecule has 0 fully saturated rings. The van der Waals surface area contributed by atoms with Crippen molar-refractivity contribution in [2.75, 3.05) is 6.61 Å². The minimum absolute atomic E-state index is 0.112. The number of nitro groups is 1. The van der Waals surface area contributed by atoms with Crippen molar-refractivity contribution >= 4 is 12.0 Å². The average molecular weight is 289 g/mol. The van der Waals surface area contributed by atoms with Crippen molar-refractivity contribution in [2.24, 2.45) is 0 Å². The highest BCUT2D eigenvalue weighted by atomic mass is 16.6. The second kappa shape index (κ2) is 6.76. The number of aromatic nitrogens is 2. The second-order valence-corrected chi connectivity index (χ2v) is 4.45. The topological polar surface area (TPSA) is 87.3 Å². The quantitative estimate of drug-likeness (QED) is 0.338. The summed E-state index contributed by atoms with van der Waals surface area (Å²) in [4.78, 5) is 21.3. The first-order valence-corrected chi connectivity index (χ1v) is 6.50. The molecule has 0 saturated heterocycles. The lowest BCUT2D eigenvalue weighted by Crippen LogP contribution is -2.03. The Bertz CT molecular complexity index is 651. The van der Waals surface area contributed by atoms with Crippen LogP contribution in [0.1, 0.15) is 23.7 Å².